The number of hydrogen-bond acceptors (Lipinski definition) is 4. The highest BCUT2D eigenvalue weighted by atomic mass is 16.5. The van der Waals surface area contributed by atoms with Gasteiger partial charge in [0.2, 0.25) is 0 Å². The van der Waals surface area contributed by atoms with Crippen molar-refractivity contribution in [3.63, 3.8) is 0 Å². The molecule has 1 aromatic carbocycles. The van der Waals surface area contributed by atoms with Crippen LogP contribution in [0.3, 0.4) is 0 Å². The summed E-state index contributed by atoms with van der Waals surface area (Å²) < 4.78 is 5.82. The highest BCUT2D eigenvalue weighted by Gasteiger charge is 2.27. The Balaban J connectivity index is 1.50. The van der Waals surface area contributed by atoms with Gasteiger partial charge >= 0.3 is 0 Å². The van der Waals surface area contributed by atoms with Crippen molar-refractivity contribution in [2.45, 2.75) is 26.5 Å². The van der Waals surface area contributed by atoms with Gasteiger partial charge in [-0.2, -0.15) is 5.10 Å². The lowest BCUT2D eigenvalue weighted by atomic mass is 10.0. The second-order valence-corrected chi connectivity index (χ2v) is 6.37. The highest BCUT2D eigenvalue weighted by Crippen LogP contribution is 2.23. The number of rotatable bonds is 4. The second kappa shape index (κ2) is 7.00. The predicted octanol–water partition coefficient (Wildman–Crippen LogP) is 2.89. The number of aryl methyl sites for hydroxylation is 1. The smallest absolute Gasteiger partial charge is 0.273 e. The van der Waals surface area contributed by atoms with Crippen LogP contribution in [0.5, 0.6) is 5.75 Å². The standard InChI is InChI=1S/C20H20N4O2/c1-14-6-5-10-21-19(14)20(25)24-11-9-17-16(12-24)18(23-22-17)13-26-15-7-3-2-4-8-15/h2-8,10H,9,11-13H2,1H3,(H,22,23). The molecule has 1 aliphatic heterocycles. The molecule has 0 saturated carbocycles. The Morgan fingerprint density at radius 1 is 1.23 bits per heavy atom. The van der Waals surface area contributed by atoms with E-state index in [0.717, 1.165) is 34.7 Å². The number of hydrogen-bond donors (Lipinski definition) is 1. The number of nitrogens with one attached hydrogen (secondary N) is 1. The maximum Gasteiger partial charge on any atom is 0.273 e. The molecule has 0 bridgehead atoms. The molecular weight excluding hydrogens is 328 g/mol. The van der Waals surface area contributed by atoms with Gasteiger partial charge in [0.1, 0.15) is 23.7 Å². The Hall–Kier alpha value is -3.15. The molecule has 0 radical (unpaired) electrons. The summed E-state index contributed by atoms with van der Waals surface area (Å²) in [5.74, 6) is 0.766. The minimum absolute atomic E-state index is 0.0372. The summed E-state index contributed by atoms with van der Waals surface area (Å²) in [5, 5.41) is 7.48. The second-order valence-electron chi connectivity index (χ2n) is 6.37. The molecule has 3 aromatic rings. The summed E-state index contributed by atoms with van der Waals surface area (Å²) in [6.07, 6.45) is 2.41. The van der Waals surface area contributed by atoms with Crippen LogP contribution in [0.15, 0.2) is 48.7 Å². The summed E-state index contributed by atoms with van der Waals surface area (Å²) >= 11 is 0. The lowest BCUT2D eigenvalue weighted by Gasteiger charge is -2.27. The Kier molecular flexibility index (Phi) is 4.39. The molecule has 6 nitrogen and oxygen atoms in total. The van der Waals surface area contributed by atoms with Crippen molar-refractivity contribution in [3.05, 3.63) is 76.9 Å². The van der Waals surface area contributed by atoms with Crippen LogP contribution >= 0.6 is 0 Å². The number of para-hydroxylation sites is 1. The average molecular weight is 348 g/mol. The number of carbonyl (C=O) groups excluding carboxylic acids is 1. The summed E-state index contributed by atoms with van der Waals surface area (Å²) in [4.78, 5) is 18.9. The van der Waals surface area contributed by atoms with E-state index in [9.17, 15) is 4.79 Å². The largest absolute Gasteiger partial charge is 0.487 e. The molecule has 0 unspecified atom stereocenters. The summed E-state index contributed by atoms with van der Waals surface area (Å²) in [6.45, 7) is 3.46. The summed E-state index contributed by atoms with van der Waals surface area (Å²) in [7, 11) is 0. The van der Waals surface area contributed by atoms with Crippen LogP contribution in [-0.4, -0.2) is 32.5 Å². The number of ether oxygens (including phenoxy) is 1. The van der Waals surface area contributed by atoms with Gasteiger partial charge in [0, 0.05) is 37.0 Å². The van der Waals surface area contributed by atoms with Crippen LogP contribution < -0.4 is 4.74 Å². The lowest BCUT2D eigenvalue weighted by molar-refractivity contribution is 0.0726. The van der Waals surface area contributed by atoms with E-state index in [-0.39, 0.29) is 5.91 Å². The Morgan fingerprint density at radius 3 is 2.88 bits per heavy atom. The fourth-order valence-corrected chi connectivity index (χ4v) is 3.17. The molecule has 4 rings (SSSR count). The lowest BCUT2D eigenvalue weighted by Crippen LogP contribution is -2.37. The van der Waals surface area contributed by atoms with Crippen molar-refractivity contribution >= 4 is 5.91 Å². The van der Waals surface area contributed by atoms with Gasteiger partial charge in [-0.15, -0.1) is 0 Å². The van der Waals surface area contributed by atoms with Gasteiger partial charge in [0.15, 0.2) is 0 Å². The molecule has 0 aliphatic carbocycles. The summed E-state index contributed by atoms with van der Waals surface area (Å²) in [6, 6.07) is 13.4. The Morgan fingerprint density at radius 2 is 2.08 bits per heavy atom. The molecule has 1 aliphatic rings. The van der Waals surface area contributed by atoms with Crippen molar-refractivity contribution in [2.75, 3.05) is 6.54 Å². The highest BCUT2D eigenvalue weighted by molar-refractivity contribution is 5.93. The van der Waals surface area contributed by atoms with Crippen LogP contribution in [0, 0.1) is 6.92 Å². The topological polar surface area (TPSA) is 71.1 Å². The SMILES string of the molecule is Cc1cccnc1C(=O)N1CCc2[nH]nc(COc3ccccc3)c2C1. The number of benzene rings is 1. The minimum Gasteiger partial charge on any atom is -0.487 e. The molecule has 3 heterocycles. The number of carbonyl (C=O) groups is 1. The van der Waals surface area contributed by atoms with Crippen molar-refractivity contribution in [2.24, 2.45) is 0 Å². The van der Waals surface area contributed by atoms with Gasteiger partial charge in [0.25, 0.3) is 5.91 Å². The van der Waals surface area contributed by atoms with E-state index in [0.29, 0.717) is 25.4 Å². The van der Waals surface area contributed by atoms with Crippen molar-refractivity contribution in [3.8, 4) is 5.75 Å². The monoisotopic (exact) mass is 348 g/mol. The third kappa shape index (κ3) is 3.18. The first kappa shape index (κ1) is 16.3. The average Bonchev–Trinajstić information content (AvgIpc) is 3.09. The molecule has 2 aromatic heterocycles. The van der Waals surface area contributed by atoms with Gasteiger partial charge in [0.05, 0.1) is 0 Å². The Bertz CT molecular complexity index is 921. The first-order chi connectivity index (χ1) is 12.7. The third-order valence-corrected chi connectivity index (χ3v) is 4.64. The zero-order valence-electron chi connectivity index (χ0n) is 14.6. The molecule has 0 fully saturated rings. The van der Waals surface area contributed by atoms with Gasteiger partial charge in [-0.3, -0.25) is 14.9 Å². The van der Waals surface area contributed by atoms with Crippen LogP contribution in [0.25, 0.3) is 0 Å². The van der Waals surface area contributed by atoms with E-state index in [1.54, 1.807) is 6.20 Å². The van der Waals surface area contributed by atoms with Gasteiger partial charge in [-0.05, 0) is 30.7 Å². The fraction of sp³-hybridized carbons (Fsp3) is 0.250. The van der Waals surface area contributed by atoms with Gasteiger partial charge < -0.3 is 9.64 Å². The van der Waals surface area contributed by atoms with Crippen LogP contribution in [-0.2, 0) is 19.6 Å². The first-order valence-corrected chi connectivity index (χ1v) is 8.66. The maximum atomic E-state index is 12.8. The zero-order valence-corrected chi connectivity index (χ0v) is 14.6. The number of fused-ring (bicyclic) bond motifs is 1. The fourth-order valence-electron chi connectivity index (χ4n) is 3.17. The number of pyridine rings is 1. The van der Waals surface area contributed by atoms with Gasteiger partial charge in [-0.25, -0.2) is 0 Å². The quantitative estimate of drug-likeness (QED) is 0.787. The van der Waals surface area contributed by atoms with Crippen molar-refractivity contribution in [1.82, 2.24) is 20.1 Å². The molecule has 0 saturated heterocycles. The van der Waals surface area contributed by atoms with Crippen molar-refractivity contribution < 1.29 is 9.53 Å². The Labute approximate surface area is 151 Å². The van der Waals surface area contributed by atoms with E-state index in [4.69, 9.17) is 4.74 Å². The van der Waals surface area contributed by atoms with E-state index in [2.05, 4.69) is 15.2 Å². The van der Waals surface area contributed by atoms with Crippen LogP contribution in [0.1, 0.15) is 33.0 Å². The van der Waals surface area contributed by atoms with Crippen LogP contribution in [0.4, 0.5) is 0 Å². The molecule has 26 heavy (non-hydrogen) atoms. The summed E-state index contributed by atoms with van der Waals surface area (Å²) in [5.41, 5.74) is 4.39. The van der Waals surface area contributed by atoms with Crippen molar-refractivity contribution in [1.29, 1.82) is 0 Å². The number of H-pyrrole nitrogens is 1. The van der Waals surface area contributed by atoms with E-state index < -0.39 is 0 Å². The van der Waals surface area contributed by atoms with E-state index >= 15 is 0 Å². The molecule has 1 N–H and O–H groups in total. The van der Waals surface area contributed by atoms with E-state index in [1.165, 1.54) is 0 Å². The predicted molar refractivity (Wildman–Crippen MR) is 96.8 cm³/mol. The molecule has 0 spiro atoms. The number of nitrogens with zero attached hydrogens (tertiary/aromatic N) is 3. The minimum atomic E-state index is -0.0372. The third-order valence-electron chi connectivity index (χ3n) is 4.64. The van der Waals surface area contributed by atoms with Crippen LogP contribution in [0.2, 0.25) is 0 Å². The molecule has 0 atom stereocenters. The number of aromatic amines is 1. The molecular formula is C20H20N4O2. The maximum absolute atomic E-state index is 12.8. The normalized spacial score (nSPS) is 13.3. The van der Waals surface area contributed by atoms with Gasteiger partial charge in [-0.1, -0.05) is 24.3 Å². The molecule has 6 heteroatoms. The molecule has 1 amide bonds. The number of amides is 1. The first-order valence-electron chi connectivity index (χ1n) is 8.66. The van der Waals surface area contributed by atoms with E-state index in [1.807, 2.05) is 54.3 Å². The number of aromatic nitrogens is 3. The molecule has 132 valence electrons. The zero-order chi connectivity index (χ0) is 17.9.